The molecule has 2 aromatic rings. The molecule has 1 saturated heterocycles. The van der Waals surface area contributed by atoms with Crippen LogP contribution in [-0.4, -0.2) is 17.4 Å². The van der Waals surface area contributed by atoms with Crippen molar-refractivity contribution in [3.63, 3.8) is 0 Å². The smallest absolute Gasteiger partial charge is 0.254 e. The van der Waals surface area contributed by atoms with E-state index in [1.54, 1.807) is 17.4 Å². The largest absolute Gasteiger partial charge is 0.398 e. The van der Waals surface area contributed by atoms with Crippen molar-refractivity contribution in [3.8, 4) is 0 Å². The fraction of sp³-hybridized carbons (Fsp3) is 0.267. The second-order valence-corrected chi connectivity index (χ2v) is 6.74. The van der Waals surface area contributed by atoms with E-state index >= 15 is 0 Å². The lowest BCUT2D eigenvalue weighted by Crippen LogP contribution is -2.30. The fourth-order valence-electron chi connectivity index (χ4n) is 2.63. The molecule has 5 heteroatoms. The van der Waals surface area contributed by atoms with Gasteiger partial charge < -0.3 is 10.6 Å². The third-order valence-electron chi connectivity index (χ3n) is 3.63. The zero-order chi connectivity index (χ0) is 14.1. The van der Waals surface area contributed by atoms with Gasteiger partial charge in [-0.15, -0.1) is 11.3 Å². The average Bonchev–Trinajstić information content (AvgIpc) is 3.10. The summed E-state index contributed by atoms with van der Waals surface area (Å²) >= 11 is 5.07. The molecular weight excluding hydrogens is 336 g/mol. The molecule has 0 radical (unpaired) electrons. The van der Waals surface area contributed by atoms with Crippen LogP contribution < -0.4 is 5.73 Å². The highest BCUT2D eigenvalue weighted by atomic mass is 79.9. The van der Waals surface area contributed by atoms with Crippen LogP contribution in [-0.2, 0) is 0 Å². The van der Waals surface area contributed by atoms with Crippen LogP contribution >= 0.6 is 27.3 Å². The number of halogens is 1. The number of carbonyl (C=O) groups is 1. The van der Waals surface area contributed by atoms with Gasteiger partial charge in [-0.3, -0.25) is 4.79 Å². The number of nitrogens with two attached hydrogens (primary N) is 1. The first-order chi connectivity index (χ1) is 9.66. The Hall–Kier alpha value is -1.33. The van der Waals surface area contributed by atoms with Crippen LogP contribution in [0.4, 0.5) is 5.69 Å². The quantitative estimate of drug-likeness (QED) is 0.829. The van der Waals surface area contributed by atoms with Gasteiger partial charge in [0.2, 0.25) is 0 Å². The molecule has 0 spiro atoms. The number of benzene rings is 1. The van der Waals surface area contributed by atoms with Crippen molar-refractivity contribution in [2.24, 2.45) is 0 Å². The van der Waals surface area contributed by atoms with Gasteiger partial charge in [-0.1, -0.05) is 6.07 Å². The highest BCUT2D eigenvalue weighted by molar-refractivity contribution is 9.10. The van der Waals surface area contributed by atoms with Crippen LogP contribution in [0.3, 0.4) is 0 Å². The van der Waals surface area contributed by atoms with Crippen molar-refractivity contribution in [2.75, 3.05) is 12.3 Å². The molecule has 1 aromatic heterocycles. The minimum Gasteiger partial charge on any atom is -0.398 e. The number of hydrogen-bond donors (Lipinski definition) is 1. The molecule has 1 aliphatic heterocycles. The van der Waals surface area contributed by atoms with Gasteiger partial charge in [0.05, 0.1) is 6.04 Å². The van der Waals surface area contributed by atoms with E-state index in [0.29, 0.717) is 11.3 Å². The summed E-state index contributed by atoms with van der Waals surface area (Å²) in [5.74, 6) is 0.0695. The molecular formula is C15H15BrN2OS. The molecule has 0 aliphatic carbocycles. The predicted molar refractivity (Wildman–Crippen MR) is 85.9 cm³/mol. The molecule has 1 atom stereocenters. The van der Waals surface area contributed by atoms with Crippen LogP contribution in [0.15, 0.2) is 40.2 Å². The van der Waals surface area contributed by atoms with Crippen molar-refractivity contribution in [2.45, 2.75) is 18.9 Å². The maximum atomic E-state index is 12.7. The van der Waals surface area contributed by atoms with Gasteiger partial charge in [0.25, 0.3) is 5.91 Å². The molecule has 1 aliphatic rings. The highest BCUT2D eigenvalue weighted by Crippen LogP contribution is 2.35. The summed E-state index contributed by atoms with van der Waals surface area (Å²) in [6, 6.07) is 9.77. The Morgan fingerprint density at radius 3 is 2.95 bits per heavy atom. The number of anilines is 1. The minimum absolute atomic E-state index is 0.0695. The third kappa shape index (κ3) is 2.47. The molecule has 0 saturated carbocycles. The summed E-state index contributed by atoms with van der Waals surface area (Å²) in [6.45, 7) is 0.817. The molecule has 1 fully saturated rings. The lowest BCUT2D eigenvalue weighted by molar-refractivity contribution is 0.0738. The van der Waals surface area contributed by atoms with Crippen molar-refractivity contribution < 1.29 is 4.79 Å². The zero-order valence-electron chi connectivity index (χ0n) is 10.9. The van der Waals surface area contributed by atoms with Crippen molar-refractivity contribution >= 4 is 38.9 Å². The number of thiophene rings is 1. The second-order valence-electron chi connectivity index (χ2n) is 4.91. The Labute approximate surface area is 130 Å². The number of rotatable bonds is 2. The number of carbonyl (C=O) groups excluding carboxylic acids is 1. The topological polar surface area (TPSA) is 46.3 Å². The van der Waals surface area contributed by atoms with E-state index in [2.05, 4.69) is 27.4 Å². The van der Waals surface area contributed by atoms with E-state index in [-0.39, 0.29) is 11.9 Å². The lowest BCUT2D eigenvalue weighted by Gasteiger charge is -2.24. The second kappa shape index (κ2) is 5.58. The first kappa shape index (κ1) is 13.6. The van der Waals surface area contributed by atoms with Gasteiger partial charge in [-0.2, -0.15) is 0 Å². The molecule has 3 nitrogen and oxygen atoms in total. The van der Waals surface area contributed by atoms with E-state index in [0.717, 1.165) is 23.9 Å². The summed E-state index contributed by atoms with van der Waals surface area (Å²) in [4.78, 5) is 15.9. The number of nitrogen functional groups attached to an aromatic ring is 1. The Balaban J connectivity index is 1.87. The van der Waals surface area contributed by atoms with Crippen LogP contribution in [0.25, 0.3) is 0 Å². The number of nitrogens with zero attached hydrogens (tertiary/aromatic N) is 1. The van der Waals surface area contributed by atoms with Gasteiger partial charge in [0.1, 0.15) is 0 Å². The van der Waals surface area contributed by atoms with Crippen molar-refractivity contribution in [1.29, 1.82) is 0 Å². The lowest BCUT2D eigenvalue weighted by atomic mass is 10.1. The normalized spacial score (nSPS) is 18.4. The third-order valence-corrected chi connectivity index (χ3v) is 5.32. The zero-order valence-corrected chi connectivity index (χ0v) is 13.3. The molecule has 2 N–H and O–H groups in total. The fourth-order valence-corrected chi connectivity index (χ4v) is 3.75. The number of hydrogen-bond acceptors (Lipinski definition) is 3. The Bertz CT molecular complexity index is 627. The predicted octanol–water partition coefficient (Wildman–Crippen LogP) is 4.07. The summed E-state index contributed by atoms with van der Waals surface area (Å²) in [5.41, 5.74) is 7.13. The molecule has 2 heterocycles. The Morgan fingerprint density at radius 2 is 2.25 bits per heavy atom. The van der Waals surface area contributed by atoms with Crippen LogP contribution in [0.5, 0.6) is 0 Å². The Kier molecular flexibility index (Phi) is 3.81. The van der Waals surface area contributed by atoms with E-state index in [9.17, 15) is 4.79 Å². The van der Waals surface area contributed by atoms with E-state index < -0.39 is 0 Å². The minimum atomic E-state index is 0.0695. The molecule has 104 valence electrons. The molecule has 1 aromatic carbocycles. The van der Waals surface area contributed by atoms with Gasteiger partial charge in [-0.25, -0.2) is 0 Å². The van der Waals surface area contributed by atoms with E-state index in [1.165, 1.54) is 4.88 Å². The number of likely N-dealkylation sites (tertiary alicyclic amines) is 1. The molecule has 1 amide bonds. The van der Waals surface area contributed by atoms with E-state index in [4.69, 9.17) is 5.73 Å². The van der Waals surface area contributed by atoms with Crippen molar-refractivity contribution in [3.05, 3.63) is 50.6 Å². The highest BCUT2D eigenvalue weighted by Gasteiger charge is 2.31. The van der Waals surface area contributed by atoms with Crippen LogP contribution in [0.1, 0.15) is 34.1 Å². The molecule has 3 rings (SSSR count). The SMILES string of the molecule is Nc1cc(C(=O)N2CCCC2c2cccs2)ccc1Br. The number of amides is 1. The monoisotopic (exact) mass is 350 g/mol. The standard InChI is InChI=1S/C15H15BrN2OS/c16-11-6-5-10(9-12(11)17)15(19)18-7-1-3-13(18)14-4-2-8-20-14/h2,4-6,8-9,13H,1,3,7,17H2. The van der Waals surface area contributed by atoms with Crippen LogP contribution in [0, 0.1) is 0 Å². The van der Waals surface area contributed by atoms with Crippen molar-refractivity contribution in [1.82, 2.24) is 4.90 Å². The van der Waals surface area contributed by atoms with Gasteiger partial charge in [0, 0.05) is 27.1 Å². The summed E-state index contributed by atoms with van der Waals surface area (Å²) in [7, 11) is 0. The van der Waals surface area contributed by atoms with Gasteiger partial charge >= 0.3 is 0 Å². The Morgan fingerprint density at radius 1 is 1.40 bits per heavy atom. The summed E-state index contributed by atoms with van der Waals surface area (Å²) < 4.78 is 0.824. The first-order valence-corrected chi connectivity index (χ1v) is 8.23. The maximum Gasteiger partial charge on any atom is 0.254 e. The average molecular weight is 351 g/mol. The summed E-state index contributed by atoms with van der Waals surface area (Å²) in [5, 5.41) is 2.06. The van der Waals surface area contributed by atoms with E-state index in [1.807, 2.05) is 23.1 Å². The summed E-state index contributed by atoms with van der Waals surface area (Å²) in [6.07, 6.45) is 2.10. The van der Waals surface area contributed by atoms with Crippen LogP contribution in [0.2, 0.25) is 0 Å². The first-order valence-electron chi connectivity index (χ1n) is 6.56. The maximum absolute atomic E-state index is 12.7. The molecule has 20 heavy (non-hydrogen) atoms. The molecule has 1 unspecified atom stereocenters. The van der Waals surface area contributed by atoms with Gasteiger partial charge in [-0.05, 0) is 58.4 Å². The molecule has 0 bridgehead atoms. The van der Waals surface area contributed by atoms with Gasteiger partial charge in [0.15, 0.2) is 0 Å².